The SMILES string of the molecule is CC1(F)Oc2ccc(CNC(=O)c3cc(C(=O)NCc4ccc5c(c4)CC(=O)CO5)nc4c(F)cnn34)cc2O1. The first kappa shape index (κ1) is 25.2. The molecule has 4 aromatic rings. The molecule has 11 nitrogen and oxygen atoms in total. The Morgan fingerprint density at radius 1 is 1.00 bits per heavy atom. The molecule has 0 fully saturated rings. The van der Waals surface area contributed by atoms with E-state index in [1.54, 1.807) is 24.3 Å². The lowest BCUT2D eigenvalue weighted by atomic mass is 10.0. The topological polar surface area (TPSA) is 133 Å². The van der Waals surface area contributed by atoms with E-state index in [4.69, 9.17) is 14.2 Å². The summed E-state index contributed by atoms with van der Waals surface area (Å²) in [5, 5.41) is 9.24. The van der Waals surface area contributed by atoms with E-state index in [0.717, 1.165) is 28.8 Å². The van der Waals surface area contributed by atoms with Crippen LogP contribution in [-0.4, -0.2) is 44.8 Å². The molecule has 13 heteroatoms. The number of amides is 2. The van der Waals surface area contributed by atoms with Crippen LogP contribution in [0.15, 0.2) is 48.7 Å². The van der Waals surface area contributed by atoms with E-state index in [0.29, 0.717) is 11.3 Å². The van der Waals surface area contributed by atoms with Crippen molar-refractivity contribution in [2.45, 2.75) is 32.5 Å². The molecule has 2 aromatic carbocycles. The summed E-state index contributed by atoms with van der Waals surface area (Å²) in [7, 11) is 0. The van der Waals surface area contributed by atoms with Crippen molar-refractivity contribution in [3.8, 4) is 17.2 Å². The van der Waals surface area contributed by atoms with Gasteiger partial charge < -0.3 is 24.8 Å². The molecule has 0 saturated heterocycles. The Morgan fingerprint density at radius 3 is 2.50 bits per heavy atom. The third kappa shape index (κ3) is 4.88. The van der Waals surface area contributed by atoms with Crippen LogP contribution in [0.1, 0.15) is 44.6 Å². The fourth-order valence-corrected chi connectivity index (χ4v) is 4.44. The molecule has 2 N–H and O–H groups in total. The maximum Gasteiger partial charge on any atom is 0.404 e. The number of nitrogens with one attached hydrogen (secondary N) is 2. The zero-order chi connectivity index (χ0) is 28.0. The number of carbonyl (C=O) groups is 3. The van der Waals surface area contributed by atoms with Gasteiger partial charge in [0.25, 0.3) is 11.8 Å². The van der Waals surface area contributed by atoms with Crippen molar-refractivity contribution in [1.82, 2.24) is 25.2 Å². The van der Waals surface area contributed by atoms with Crippen LogP contribution in [0.25, 0.3) is 5.65 Å². The minimum atomic E-state index is -2.28. The number of rotatable bonds is 6. The van der Waals surface area contributed by atoms with Gasteiger partial charge in [0.2, 0.25) is 0 Å². The zero-order valence-electron chi connectivity index (χ0n) is 21.0. The molecule has 2 amide bonds. The molecule has 0 aliphatic carbocycles. The average molecular weight is 549 g/mol. The van der Waals surface area contributed by atoms with E-state index in [-0.39, 0.29) is 60.4 Å². The van der Waals surface area contributed by atoms with Gasteiger partial charge in [-0.3, -0.25) is 14.4 Å². The monoisotopic (exact) mass is 549 g/mol. The number of Topliss-reactive ketones (excluding diaryl/α,β-unsaturated/α-hetero) is 1. The van der Waals surface area contributed by atoms with E-state index in [1.165, 1.54) is 18.2 Å². The molecule has 0 radical (unpaired) electrons. The quantitative estimate of drug-likeness (QED) is 0.375. The Morgan fingerprint density at radius 2 is 1.70 bits per heavy atom. The highest BCUT2D eigenvalue weighted by Gasteiger charge is 2.36. The first-order valence-corrected chi connectivity index (χ1v) is 12.2. The van der Waals surface area contributed by atoms with Crippen LogP contribution in [-0.2, 0) is 24.3 Å². The minimum absolute atomic E-state index is 0.0120. The number of halogens is 2. The average Bonchev–Trinajstić information content (AvgIpc) is 3.46. The van der Waals surface area contributed by atoms with Gasteiger partial charge in [-0.05, 0) is 35.4 Å². The maximum atomic E-state index is 14.4. The second-order valence-electron chi connectivity index (χ2n) is 9.39. The Labute approximate surface area is 225 Å². The number of hydrogen-bond acceptors (Lipinski definition) is 8. The molecule has 0 bridgehead atoms. The summed E-state index contributed by atoms with van der Waals surface area (Å²) in [5.74, 6) is -1.11. The smallest absolute Gasteiger partial charge is 0.404 e. The minimum Gasteiger partial charge on any atom is -0.486 e. The maximum absolute atomic E-state index is 14.4. The number of aromatic nitrogens is 3. The number of nitrogens with zero attached hydrogens (tertiary/aromatic N) is 3. The molecule has 2 aliphatic heterocycles. The highest BCUT2D eigenvalue weighted by molar-refractivity contribution is 5.98. The van der Waals surface area contributed by atoms with Crippen molar-refractivity contribution >= 4 is 23.2 Å². The summed E-state index contributed by atoms with van der Waals surface area (Å²) >= 11 is 0. The highest BCUT2D eigenvalue weighted by Crippen LogP contribution is 2.40. The Bertz CT molecular complexity index is 1700. The summed E-state index contributed by atoms with van der Waals surface area (Å²) in [4.78, 5) is 41.8. The molecule has 40 heavy (non-hydrogen) atoms. The molecule has 1 unspecified atom stereocenters. The number of ketones is 1. The molecule has 2 aliphatic rings. The van der Waals surface area contributed by atoms with Crippen molar-refractivity contribution in [2.24, 2.45) is 0 Å². The van der Waals surface area contributed by atoms with Gasteiger partial charge >= 0.3 is 6.04 Å². The summed E-state index contributed by atoms with van der Waals surface area (Å²) in [6.07, 6.45) is 1.14. The van der Waals surface area contributed by atoms with E-state index >= 15 is 0 Å². The van der Waals surface area contributed by atoms with Crippen LogP contribution >= 0.6 is 0 Å². The number of ether oxygens (including phenoxy) is 3. The van der Waals surface area contributed by atoms with E-state index in [2.05, 4.69) is 20.7 Å². The first-order valence-electron chi connectivity index (χ1n) is 12.2. The summed E-state index contributed by atoms with van der Waals surface area (Å²) in [6, 6.07) is 8.85. The molecule has 2 aromatic heterocycles. The third-order valence-corrected chi connectivity index (χ3v) is 6.29. The van der Waals surface area contributed by atoms with E-state index in [9.17, 15) is 23.2 Å². The van der Waals surface area contributed by atoms with Crippen molar-refractivity contribution in [2.75, 3.05) is 6.61 Å². The van der Waals surface area contributed by atoms with Gasteiger partial charge in [0, 0.05) is 38.1 Å². The number of alkyl halides is 1. The second kappa shape index (κ2) is 9.59. The van der Waals surface area contributed by atoms with E-state index < -0.39 is 23.7 Å². The number of benzene rings is 2. The van der Waals surface area contributed by atoms with Crippen LogP contribution < -0.4 is 24.8 Å². The number of carbonyl (C=O) groups excluding carboxylic acids is 3. The largest absolute Gasteiger partial charge is 0.486 e. The van der Waals surface area contributed by atoms with Crippen molar-refractivity contribution < 1.29 is 37.4 Å². The Hall–Kier alpha value is -5.07. The van der Waals surface area contributed by atoms with E-state index in [1.807, 2.05) is 0 Å². The fourth-order valence-electron chi connectivity index (χ4n) is 4.44. The van der Waals surface area contributed by atoms with Gasteiger partial charge in [0.15, 0.2) is 28.7 Å². The van der Waals surface area contributed by atoms with Crippen LogP contribution in [0.5, 0.6) is 17.2 Å². The molecular weight excluding hydrogens is 528 g/mol. The van der Waals surface area contributed by atoms with Crippen molar-refractivity contribution in [3.63, 3.8) is 0 Å². The van der Waals surface area contributed by atoms with Crippen LogP contribution in [0.3, 0.4) is 0 Å². The van der Waals surface area contributed by atoms with Crippen LogP contribution in [0, 0.1) is 5.82 Å². The zero-order valence-corrected chi connectivity index (χ0v) is 21.0. The Balaban J connectivity index is 1.18. The van der Waals surface area contributed by atoms with Gasteiger partial charge in [-0.25, -0.2) is 13.9 Å². The van der Waals surface area contributed by atoms with Gasteiger partial charge in [0.1, 0.15) is 23.7 Å². The first-order chi connectivity index (χ1) is 19.1. The lowest BCUT2D eigenvalue weighted by Gasteiger charge is -2.17. The molecule has 0 saturated carbocycles. The highest BCUT2D eigenvalue weighted by atomic mass is 19.2. The second-order valence-corrected chi connectivity index (χ2v) is 9.39. The standard InChI is InChI=1S/C27H21F2N5O6/c1-27(29)39-22-5-3-15(7-23(22)40-27)11-31-26(37)20-9-19(33-24-18(28)12-32-34(20)24)25(36)30-10-14-2-4-21-16(6-14)8-17(35)13-38-21/h2-7,9,12H,8,10-11,13H2,1H3,(H,30,36)(H,31,37). The van der Waals surface area contributed by atoms with Crippen LogP contribution in [0.4, 0.5) is 8.78 Å². The van der Waals surface area contributed by atoms with Gasteiger partial charge in [-0.2, -0.15) is 9.49 Å². The predicted molar refractivity (Wildman–Crippen MR) is 133 cm³/mol. The summed E-state index contributed by atoms with van der Waals surface area (Å²) in [5.41, 5.74) is 1.41. The van der Waals surface area contributed by atoms with Gasteiger partial charge in [-0.1, -0.05) is 12.1 Å². The number of fused-ring (bicyclic) bond motifs is 3. The normalized spacial score (nSPS) is 17.3. The number of hydrogen-bond donors (Lipinski definition) is 2. The molecule has 204 valence electrons. The third-order valence-electron chi connectivity index (χ3n) is 6.29. The van der Waals surface area contributed by atoms with Gasteiger partial charge in [-0.15, -0.1) is 0 Å². The molecule has 1 atom stereocenters. The van der Waals surface area contributed by atoms with Crippen molar-refractivity contribution in [1.29, 1.82) is 0 Å². The molecular formula is C27H21F2N5O6. The lowest BCUT2D eigenvalue weighted by Crippen LogP contribution is -2.28. The fraction of sp³-hybridized carbons (Fsp3) is 0.222. The predicted octanol–water partition coefficient (Wildman–Crippen LogP) is 2.65. The lowest BCUT2D eigenvalue weighted by molar-refractivity contribution is -0.173. The van der Waals surface area contributed by atoms with Crippen molar-refractivity contribution in [3.05, 3.63) is 82.6 Å². The Kier molecular flexibility index (Phi) is 6.05. The van der Waals surface area contributed by atoms with Gasteiger partial charge in [0.05, 0.1) is 6.20 Å². The van der Waals surface area contributed by atoms with Crippen LogP contribution in [0.2, 0.25) is 0 Å². The summed E-state index contributed by atoms with van der Waals surface area (Å²) < 4.78 is 44.8. The molecule has 0 spiro atoms. The summed E-state index contributed by atoms with van der Waals surface area (Å²) in [6.45, 7) is 1.27. The molecule has 4 heterocycles. The molecule has 6 rings (SSSR count).